The molecular weight excluding hydrogens is 312 g/mol. The van der Waals surface area contributed by atoms with Gasteiger partial charge in [-0.1, -0.05) is 31.2 Å². The van der Waals surface area contributed by atoms with Crippen molar-refractivity contribution in [2.45, 2.75) is 32.8 Å². The summed E-state index contributed by atoms with van der Waals surface area (Å²) in [6, 6.07) is 14.0. The minimum absolute atomic E-state index is 0.227. The number of rotatable bonds is 8. The molecule has 0 aliphatic heterocycles. The first kappa shape index (κ1) is 17.3. The molecule has 25 heavy (non-hydrogen) atoms. The van der Waals surface area contributed by atoms with Gasteiger partial charge >= 0.3 is 0 Å². The van der Waals surface area contributed by atoms with Crippen LogP contribution in [-0.4, -0.2) is 12.9 Å². The van der Waals surface area contributed by atoms with Crippen molar-refractivity contribution in [3.05, 3.63) is 65.2 Å². The van der Waals surface area contributed by atoms with Gasteiger partial charge in [0, 0.05) is 11.5 Å². The molecule has 2 aromatic carbocycles. The first-order valence-corrected chi connectivity index (χ1v) is 8.80. The van der Waals surface area contributed by atoms with Crippen LogP contribution in [0.3, 0.4) is 0 Å². The summed E-state index contributed by atoms with van der Waals surface area (Å²) in [5, 5.41) is 0. The molecule has 0 radical (unpaired) electrons. The lowest BCUT2D eigenvalue weighted by molar-refractivity contribution is -0.115. The van der Waals surface area contributed by atoms with Crippen molar-refractivity contribution < 1.29 is 14.3 Å². The zero-order chi connectivity index (χ0) is 17.6. The molecule has 0 bridgehead atoms. The lowest BCUT2D eigenvalue weighted by Gasteiger charge is -2.11. The van der Waals surface area contributed by atoms with Gasteiger partial charge < -0.3 is 9.47 Å². The third kappa shape index (κ3) is 4.72. The van der Waals surface area contributed by atoms with Gasteiger partial charge in [-0.15, -0.1) is 0 Å². The number of ketones is 1. The Labute approximate surface area is 149 Å². The smallest absolute Gasteiger partial charge is 0.158 e. The topological polar surface area (TPSA) is 35.5 Å². The van der Waals surface area contributed by atoms with Crippen molar-refractivity contribution >= 4 is 11.9 Å². The molecule has 1 aliphatic rings. The summed E-state index contributed by atoms with van der Waals surface area (Å²) in [4.78, 5) is 11.8. The normalized spacial score (nSPS) is 13.8. The molecule has 1 saturated carbocycles. The van der Waals surface area contributed by atoms with Gasteiger partial charge in [0.2, 0.25) is 0 Å². The molecule has 0 spiro atoms. The maximum absolute atomic E-state index is 11.8. The van der Waals surface area contributed by atoms with Crippen LogP contribution in [0.4, 0.5) is 0 Å². The van der Waals surface area contributed by atoms with Crippen molar-refractivity contribution in [3.8, 4) is 11.5 Å². The van der Waals surface area contributed by atoms with Crippen LogP contribution < -0.4 is 9.47 Å². The molecule has 3 rings (SSSR count). The first-order valence-electron chi connectivity index (χ1n) is 8.80. The molecule has 2 aromatic rings. The summed E-state index contributed by atoms with van der Waals surface area (Å²) < 4.78 is 11.3. The number of hydrogen-bond donors (Lipinski definition) is 0. The number of hydrogen-bond acceptors (Lipinski definition) is 3. The predicted molar refractivity (Wildman–Crippen MR) is 99.9 cm³/mol. The monoisotopic (exact) mass is 336 g/mol. The van der Waals surface area contributed by atoms with Crippen LogP contribution in [0, 0.1) is 5.92 Å². The van der Waals surface area contributed by atoms with Crippen molar-refractivity contribution in [1.29, 1.82) is 0 Å². The second-order valence-electron chi connectivity index (χ2n) is 6.37. The highest BCUT2D eigenvalue weighted by Gasteiger charge is 2.27. The second kappa shape index (κ2) is 8.02. The maximum atomic E-state index is 11.8. The Bertz CT molecular complexity index is 755. The van der Waals surface area contributed by atoms with Gasteiger partial charge in [-0.05, 0) is 60.7 Å². The average molecular weight is 336 g/mol. The Morgan fingerprint density at radius 2 is 1.92 bits per heavy atom. The highest BCUT2D eigenvalue weighted by atomic mass is 16.5. The van der Waals surface area contributed by atoms with Crippen molar-refractivity contribution in [2.24, 2.45) is 5.92 Å². The van der Waals surface area contributed by atoms with E-state index < -0.39 is 0 Å². The molecular formula is C22H24O3. The van der Waals surface area contributed by atoms with Gasteiger partial charge in [0.1, 0.15) is 18.1 Å². The summed E-state index contributed by atoms with van der Waals surface area (Å²) in [7, 11) is 1.65. The van der Waals surface area contributed by atoms with Gasteiger partial charge in [0.25, 0.3) is 0 Å². The maximum Gasteiger partial charge on any atom is 0.158 e. The fourth-order valence-electron chi connectivity index (χ4n) is 2.68. The van der Waals surface area contributed by atoms with Crippen molar-refractivity contribution in [1.82, 2.24) is 0 Å². The molecule has 0 unspecified atom stereocenters. The molecule has 3 nitrogen and oxygen atoms in total. The Balaban J connectivity index is 1.69. The van der Waals surface area contributed by atoms with Gasteiger partial charge in [0.15, 0.2) is 5.78 Å². The van der Waals surface area contributed by atoms with Crippen LogP contribution in [0.2, 0.25) is 0 Å². The lowest BCUT2D eigenvalue weighted by Crippen LogP contribution is -1.99. The molecule has 0 amide bonds. The summed E-state index contributed by atoms with van der Waals surface area (Å²) >= 11 is 0. The summed E-state index contributed by atoms with van der Waals surface area (Å²) in [5.74, 6) is 2.10. The zero-order valence-corrected chi connectivity index (χ0v) is 14.8. The Kier molecular flexibility index (Phi) is 5.54. The van der Waals surface area contributed by atoms with Gasteiger partial charge in [-0.2, -0.15) is 0 Å². The highest BCUT2D eigenvalue weighted by Crippen LogP contribution is 2.30. The molecule has 0 saturated heterocycles. The molecule has 1 aliphatic carbocycles. The summed E-state index contributed by atoms with van der Waals surface area (Å²) in [6.07, 6.45) is 6.64. The van der Waals surface area contributed by atoms with Crippen LogP contribution in [0.25, 0.3) is 6.08 Å². The second-order valence-corrected chi connectivity index (χ2v) is 6.37. The molecule has 0 N–H and O–H groups in total. The number of carbonyl (C=O) groups excluding carboxylic acids is 1. The minimum Gasteiger partial charge on any atom is -0.496 e. The molecule has 0 heterocycles. The van der Waals surface area contributed by atoms with Crippen molar-refractivity contribution in [2.75, 3.05) is 7.11 Å². The van der Waals surface area contributed by atoms with Crippen LogP contribution in [0.15, 0.2) is 48.5 Å². The van der Waals surface area contributed by atoms with Crippen LogP contribution in [0.1, 0.15) is 36.5 Å². The Morgan fingerprint density at radius 1 is 1.16 bits per heavy atom. The SMILES string of the molecule is CCc1ccc(OCc2cc(/C=C/C(=O)C3CC3)ccc2OC)cc1. The van der Waals surface area contributed by atoms with E-state index in [1.807, 2.05) is 36.4 Å². The lowest BCUT2D eigenvalue weighted by atomic mass is 10.1. The van der Waals surface area contributed by atoms with Crippen LogP contribution in [0.5, 0.6) is 11.5 Å². The Hall–Kier alpha value is -2.55. The van der Waals surface area contributed by atoms with E-state index in [0.717, 1.165) is 41.9 Å². The molecule has 0 atom stereocenters. The summed E-state index contributed by atoms with van der Waals surface area (Å²) in [5.41, 5.74) is 3.23. The van der Waals surface area contributed by atoms with Crippen molar-refractivity contribution in [3.63, 3.8) is 0 Å². The largest absolute Gasteiger partial charge is 0.496 e. The summed E-state index contributed by atoms with van der Waals surface area (Å²) in [6.45, 7) is 2.56. The number of methoxy groups -OCH3 is 1. The van der Waals surface area contributed by atoms with E-state index in [9.17, 15) is 4.79 Å². The van der Waals surface area contributed by atoms with Gasteiger partial charge in [0.05, 0.1) is 7.11 Å². The number of allylic oxidation sites excluding steroid dienone is 1. The van der Waals surface area contributed by atoms with Crippen LogP contribution in [-0.2, 0) is 17.8 Å². The van der Waals surface area contributed by atoms with E-state index in [1.54, 1.807) is 13.2 Å². The molecule has 0 aromatic heterocycles. The predicted octanol–water partition coefficient (Wildman–Crippen LogP) is 4.83. The highest BCUT2D eigenvalue weighted by molar-refractivity contribution is 5.96. The van der Waals surface area contributed by atoms with Crippen LogP contribution >= 0.6 is 0 Å². The fourth-order valence-corrected chi connectivity index (χ4v) is 2.68. The first-order chi connectivity index (χ1) is 12.2. The van der Waals surface area contributed by atoms with E-state index in [-0.39, 0.29) is 11.7 Å². The standard InChI is InChI=1S/C22H24O3/c1-3-16-4-10-20(11-5-16)25-15-19-14-17(7-13-22(19)24-2)6-12-21(23)18-8-9-18/h4-7,10-14,18H,3,8-9,15H2,1-2H3/b12-6+. The van der Waals surface area contributed by atoms with E-state index in [0.29, 0.717) is 6.61 Å². The molecule has 130 valence electrons. The van der Waals surface area contributed by atoms with Gasteiger partial charge in [-0.25, -0.2) is 0 Å². The Morgan fingerprint density at radius 3 is 2.56 bits per heavy atom. The molecule has 1 fully saturated rings. The average Bonchev–Trinajstić information content (AvgIpc) is 3.50. The number of aryl methyl sites for hydroxylation is 1. The van der Waals surface area contributed by atoms with E-state index in [4.69, 9.17) is 9.47 Å². The van der Waals surface area contributed by atoms with E-state index in [1.165, 1.54) is 5.56 Å². The number of benzene rings is 2. The van der Waals surface area contributed by atoms with E-state index >= 15 is 0 Å². The zero-order valence-electron chi connectivity index (χ0n) is 14.8. The third-order valence-electron chi connectivity index (χ3n) is 4.45. The third-order valence-corrected chi connectivity index (χ3v) is 4.45. The number of carbonyl (C=O) groups is 1. The quantitative estimate of drug-likeness (QED) is 0.648. The number of ether oxygens (including phenoxy) is 2. The fraction of sp³-hybridized carbons (Fsp3) is 0.318. The minimum atomic E-state index is 0.227. The van der Waals surface area contributed by atoms with Gasteiger partial charge in [-0.3, -0.25) is 4.79 Å². The van der Waals surface area contributed by atoms with E-state index in [2.05, 4.69) is 19.1 Å². The molecule has 3 heteroatoms.